The lowest BCUT2D eigenvalue weighted by Crippen LogP contribution is -2.56. The molecule has 1 amide bonds. The number of aryl methyl sites for hydroxylation is 1. The minimum Gasteiger partial charge on any atom is -0.490 e. The molecule has 2 N–H and O–H groups in total. The van der Waals surface area contributed by atoms with Gasteiger partial charge in [-0.25, -0.2) is 13.1 Å². The average molecular weight is 744 g/mol. The molecule has 10 nitrogen and oxygen atoms in total. The maximum absolute atomic E-state index is 13.6. The van der Waals surface area contributed by atoms with Crippen LogP contribution in [0.4, 0.5) is 5.69 Å². The third-order valence-electron chi connectivity index (χ3n) is 12.8. The summed E-state index contributed by atoms with van der Waals surface area (Å²) in [4.78, 5) is 18.3. The molecule has 3 heterocycles. The Kier molecular flexibility index (Phi) is 11.0. The number of rotatable bonds is 5. The van der Waals surface area contributed by atoms with Gasteiger partial charge in [-0.2, -0.15) is 0 Å². The van der Waals surface area contributed by atoms with Crippen LogP contribution in [0, 0.1) is 17.8 Å². The van der Waals surface area contributed by atoms with Crippen LogP contribution in [-0.2, 0) is 31.3 Å². The van der Waals surface area contributed by atoms with Gasteiger partial charge in [0.05, 0.1) is 49.6 Å². The minimum atomic E-state index is -3.96. The van der Waals surface area contributed by atoms with Gasteiger partial charge >= 0.3 is 0 Å². The number of nitrogens with zero attached hydrogens (tertiary/aromatic N) is 2. The molecule has 1 saturated heterocycles. The van der Waals surface area contributed by atoms with Crippen LogP contribution >= 0.6 is 11.6 Å². The Morgan fingerprint density at radius 2 is 1.88 bits per heavy atom. The van der Waals surface area contributed by atoms with Crippen LogP contribution < -0.4 is 14.4 Å². The van der Waals surface area contributed by atoms with E-state index in [1.165, 1.54) is 11.1 Å². The molecule has 5 aliphatic rings. The molecule has 280 valence electrons. The SMILES string of the molecule is C[C@@H]1[C@@H](C)CCC[C@@](CO)(OCCN2CCOCC2)[C@@H]2CC[C@H]2CN2C[C@@]3(CCCc4cc(Cl)ccc43)COc3ccc(cc32)C(=O)NS1(=O)=O. The summed E-state index contributed by atoms with van der Waals surface area (Å²) in [6, 6.07) is 11.5. The fourth-order valence-electron chi connectivity index (χ4n) is 9.37. The molecule has 3 aliphatic heterocycles. The molecule has 7 rings (SSSR count). The van der Waals surface area contributed by atoms with Crippen molar-refractivity contribution in [3.63, 3.8) is 0 Å². The summed E-state index contributed by atoms with van der Waals surface area (Å²) in [7, 11) is -3.96. The van der Waals surface area contributed by atoms with Crippen molar-refractivity contribution < 1.29 is 32.5 Å². The summed E-state index contributed by atoms with van der Waals surface area (Å²) in [5.74, 6) is 0.227. The van der Waals surface area contributed by atoms with Crippen molar-refractivity contribution in [1.29, 1.82) is 0 Å². The van der Waals surface area contributed by atoms with Gasteiger partial charge in [0.25, 0.3) is 5.91 Å². The molecular weight excluding hydrogens is 690 g/mol. The first-order valence-corrected chi connectivity index (χ1v) is 20.9. The Balaban J connectivity index is 1.26. The summed E-state index contributed by atoms with van der Waals surface area (Å²) >= 11 is 6.47. The predicted octanol–water partition coefficient (Wildman–Crippen LogP) is 5.19. The largest absolute Gasteiger partial charge is 0.490 e. The molecule has 2 aromatic carbocycles. The van der Waals surface area contributed by atoms with E-state index in [0.29, 0.717) is 51.3 Å². The fraction of sp³-hybridized carbons (Fsp3) is 0.667. The molecule has 2 fully saturated rings. The third-order valence-corrected chi connectivity index (χ3v) is 14.9. The number of carbonyl (C=O) groups is 1. The van der Waals surface area contributed by atoms with Crippen molar-refractivity contribution in [3.05, 3.63) is 58.1 Å². The Labute approximate surface area is 308 Å². The van der Waals surface area contributed by atoms with Crippen molar-refractivity contribution in [1.82, 2.24) is 9.62 Å². The smallest absolute Gasteiger partial charge is 0.264 e. The van der Waals surface area contributed by atoms with Crippen LogP contribution in [0.15, 0.2) is 36.4 Å². The van der Waals surface area contributed by atoms with Crippen LogP contribution in [0.1, 0.15) is 80.3 Å². The van der Waals surface area contributed by atoms with Gasteiger partial charge in [0.15, 0.2) is 0 Å². The molecule has 1 saturated carbocycles. The molecule has 51 heavy (non-hydrogen) atoms. The lowest BCUT2D eigenvalue weighted by atomic mass is 9.63. The number of hydrogen-bond acceptors (Lipinski definition) is 9. The number of benzene rings is 2. The third kappa shape index (κ3) is 7.53. The first-order valence-electron chi connectivity index (χ1n) is 18.9. The van der Waals surface area contributed by atoms with E-state index in [4.69, 9.17) is 25.8 Å². The molecule has 1 spiro atoms. The zero-order valence-corrected chi connectivity index (χ0v) is 31.7. The topological polar surface area (TPSA) is 118 Å². The number of fused-ring (bicyclic) bond motifs is 4. The van der Waals surface area contributed by atoms with Gasteiger partial charge in [0.1, 0.15) is 5.75 Å². The monoisotopic (exact) mass is 743 g/mol. The number of aliphatic hydroxyl groups is 1. The second-order valence-electron chi connectivity index (χ2n) is 15.8. The number of anilines is 1. The maximum Gasteiger partial charge on any atom is 0.264 e. The lowest BCUT2D eigenvalue weighted by molar-refractivity contribution is -0.163. The van der Waals surface area contributed by atoms with Gasteiger partial charge in [-0.1, -0.05) is 31.0 Å². The number of ether oxygens (including phenoxy) is 3. The first-order chi connectivity index (χ1) is 24.5. The molecule has 2 bridgehead atoms. The number of hydrogen-bond donors (Lipinski definition) is 2. The normalized spacial score (nSPS) is 32.9. The number of aliphatic hydroxyl groups excluding tert-OH is 1. The highest BCUT2D eigenvalue weighted by molar-refractivity contribution is 7.90. The van der Waals surface area contributed by atoms with Crippen LogP contribution in [0.5, 0.6) is 5.75 Å². The van der Waals surface area contributed by atoms with E-state index < -0.39 is 26.8 Å². The molecule has 0 radical (unpaired) electrons. The zero-order valence-electron chi connectivity index (χ0n) is 30.1. The Bertz CT molecular complexity index is 1690. The fourth-order valence-corrected chi connectivity index (χ4v) is 10.9. The van der Waals surface area contributed by atoms with Gasteiger partial charge < -0.3 is 24.2 Å². The summed E-state index contributed by atoms with van der Waals surface area (Å²) in [5, 5.41) is 11.2. The second-order valence-corrected chi connectivity index (χ2v) is 18.3. The van der Waals surface area contributed by atoms with E-state index in [2.05, 4.69) is 26.7 Å². The average Bonchev–Trinajstić information content (AvgIpc) is 3.26. The number of halogens is 1. The Morgan fingerprint density at radius 1 is 1.06 bits per heavy atom. The van der Waals surface area contributed by atoms with Gasteiger partial charge in [0.2, 0.25) is 10.0 Å². The van der Waals surface area contributed by atoms with Crippen molar-refractivity contribution in [2.45, 2.75) is 81.5 Å². The number of nitrogens with one attached hydrogen (secondary N) is 1. The molecule has 2 aromatic rings. The standard InChI is InChI=1S/C39H54ClN3O7S/c1-27-5-3-14-39(25-44,50-20-17-42-15-18-48-19-16-42)34-10-7-31(34)23-43-24-38(13-4-6-29-21-32(40)9-11-33(29)38)26-49-36-12-8-30(22-35(36)43)37(45)41-51(46,47)28(27)2/h8-9,11-12,21-22,27-28,31,34,44H,3-7,10,13-20,23-26H2,1-2H3,(H,41,45)/t27-,28+,31-,34+,38-,39-/m0/s1. The van der Waals surface area contributed by atoms with Crippen LogP contribution in [0.3, 0.4) is 0 Å². The second kappa shape index (κ2) is 15.1. The van der Waals surface area contributed by atoms with Gasteiger partial charge in [0, 0.05) is 48.7 Å². The first kappa shape index (κ1) is 36.9. The van der Waals surface area contributed by atoms with Crippen molar-refractivity contribution in [2.75, 3.05) is 70.7 Å². The molecule has 12 heteroatoms. The van der Waals surface area contributed by atoms with Crippen molar-refractivity contribution >= 4 is 33.2 Å². The van der Waals surface area contributed by atoms with Crippen molar-refractivity contribution in [3.8, 4) is 5.75 Å². The number of amides is 1. The highest BCUT2D eigenvalue weighted by atomic mass is 35.5. The van der Waals surface area contributed by atoms with E-state index >= 15 is 0 Å². The van der Waals surface area contributed by atoms with E-state index in [0.717, 1.165) is 75.7 Å². The molecule has 6 atom stereocenters. The predicted molar refractivity (Wildman–Crippen MR) is 198 cm³/mol. The quantitative estimate of drug-likeness (QED) is 0.427. The van der Waals surface area contributed by atoms with Gasteiger partial charge in [-0.05, 0) is 111 Å². The van der Waals surface area contributed by atoms with Crippen molar-refractivity contribution in [2.24, 2.45) is 17.8 Å². The van der Waals surface area contributed by atoms with Crippen LogP contribution in [0.25, 0.3) is 0 Å². The zero-order chi connectivity index (χ0) is 35.8. The highest BCUT2D eigenvalue weighted by Crippen LogP contribution is 2.50. The highest BCUT2D eigenvalue weighted by Gasteiger charge is 2.50. The van der Waals surface area contributed by atoms with Crippen LogP contribution in [0.2, 0.25) is 5.02 Å². The minimum absolute atomic E-state index is 0.0858. The number of morpholine rings is 1. The summed E-state index contributed by atoms with van der Waals surface area (Å²) in [6.07, 6.45) is 6.88. The van der Waals surface area contributed by atoms with E-state index in [9.17, 15) is 18.3 Å². The van der Waals surface area contributed by atoms with Gasteiger partial charge in [-0.3, -0.25) is 9.69 Å². The van der Waals surface area contributed by atoms with E-state index in [-0.39, 0.29) is 35.3 Å². The summed E-state index contributed by atoms with van der Waals surface area (Å²) in [6.45, 7) is 9.86. The lowest BCUT2D eigenvalue weighted by Gasteiger charge is -2.51. The maximum atomic E-state index is 13.6. The number of carbonyl (C=O) groups excluding carboxylic acids is 1. The van der Waals surface area contributed by atoms with Crippen LogP contribution in [-0.4, -0.2) is 101 Å². The number of sulfonamides is 1. The molecule has 0 aromatic heterocycles. The molecule has 0 unspecified atom stereocenters. The van der Waals surface area contributed by atoms with E-state index in [1.807, 2.05) is 19.1 Å². The van der Waals surface area contributed by atoms with E-state index in [1.54, 1.807) is 19.1 Å². The Hall–Kier alpha value is -2.41. The molecular formula is C39H54ClN3O7S. The summed E-state index contributed by atoms with van der Waals surface area (Å²) < 4.78 is 48.5. The van der Waals surface area contributed by atoms with Gasteiger partial charge in [-0.15, -0.1) is 0 Å². The summed E-state index contributed by atoms with van der Waals surface area (Å²) in [5.41, 5.74) is 2.55. The Morgan fingerprint density at radius 3 is 2.65 bits per heavy atom. The molecule has 2 aliphatic carbocycles.